The average molecular weight is 338 g/mol. The van der Waals surface area contributed by atoms with Gasteiger partial charge in [0.15, 0.2) is 0 Å². The molecule has 1 fully saturated rings. The third kappa shape index (κ3) is 3.44. The maximum Gasteiger partial charge on any atom is 0.130 e. The molecule has 1 aromatic carbocycles. The first-order chi connectivity index (χ1) is 12.2. The van der Waals surface area contributed by atoms with Crippen molar-refractivity contribution in [2.45, 2.75) is 25.8 Å². The molecule has 1 aliphatic heterocycles. The smallest absolute Gasteiger partial charge is 0.130 e. The minimum Gasteiger partial charge on any atom is -0.497 e. The monoisotopic (exact) mass is 338 g/mol. The zero-order valence-electron chi connectivity index (χ0n) is 14.5. The first-order valence-electron chi connectivity index (χ1n) is 8.54. The van der Waals surface area contributed by atoms with Crippen molar-refractivity contribution in [3.63, 3.8) is 0 Å². The van der Waals surface area contributed by atoms with Crippen LogP contribution in [0, 0.1) is 6.92 Å². The van der Waals surface area contributed by atoms with Gasteiger partial charge in [-0.1, -0.05) is 0 Å². The average Bonchev–Trinajstić information content (AvgIpc) is 3.28. The predicted octanol–water partition coefficient (Wildman–Crippen LogP) is 3.39. The molecule has 6 nitrogen and oxygen atoms in total. The number of rotatable bonds is 5. The van der Waals surface area contributed by atoms with E-state index in [0.29, 0.717) is 12.5 Å². The molecule has 0 amide bonds. The molecule has 4 rings (SSSR count). The molecule has 0 saturated carbocycles. The van der Waals surface area contributed by atoms with Gasteiger partial charge in [0.25, 0.3) is 0 Å². The lowest BCUT2D eigenvalue weighted by molar-refractivity contribution is 0.193. The summed E-state index contributed by atoms with van der Waals surface area (Å²) in [4.78, 5) is 12.5. The molecule has 3 heterocycles. The molecule has 130 valence electrons. The Morgan fingerprint density at radius 1 is 1.28 bits per heavy atom. The molecule has 0 radical (unpaired) electrons. The molecule has 3 aromatic rings. The van der Waals surface area contributed by atoms with Crippen molar-refractivity contribution in [3.8, 4) is 5.75 Å². The van der Waals surface area contributed by atoms with Crippen LogP contribution in [0.2, 0.25) is 0 Å². The number of fused-ring (bicyclic) bond motifs is 1. The van der Waals surface area contributed by atoms with Gasteiger partial charge in [-0.05, 0) is 37.6 Å². The summed E-state index contributed by atoms with van der Waals surface area (Å²) in [5.41, 5.74) is 3.26. The van der Waals surface area contributed by atoms with Crippen molar-refractivity contribution in [3.05, 3.63) is 47.5 Å². The van der Waals surface area contributed by atoms with Gasteiger partial charge in [-0.25, -0.2) is 9.97 Å². The van der Waals surface area contributed by atoms with Gasteiger partial charge in [-0.3, -0.25) is 0 Å². The Morgan fingerprint density at radius 2 is 2.20 bits per heavy atom. The second kappa shape index (κ2) is 6.72. The Bertz CT molecular complexity index is 884. The van der Waals surface area contributed by atoms with Gasteiger partial charge in [-0.2, -0.15) is 0 Å². The van der Waals surface area contributed by atoms with Gasteiger partial charge in [0.05, 0.1) is 26.0 Å². The Morgan fingerprint density at radius 3 is 3.00 bits per heavy atom. The highest BCUT2D eigenvalue weighted by atomic mass is 16.5. The minimum absolute atomic E-state index is 0.378. The highest BCUT2D eigenvalue weighted by molar-refractivity contribution is 5.82. The zero-order chi connectivity index (χ0) is 17.2. The van der Waals surface area contributed by atoms with E-state index in [1.165, 1.54) is 0 Å². The van der Waals surface area contributed by atoms with E-state index >= 15 is 0 Å². The molecule has 1 saturated heterocycles. The van der Waals surface area contributed by atoms with E-state index in [2.05, 4.69) is 26.3 Å². The normalized spacial score (nSPS) is 17.1. The van der Waals surface area contributed by atoms with Crippen LogP contribution in [0.4, 0.5) is 5.82 Å². The van der Waals surface area contributed by atoms with Crippen molar-refractivity contribution in [1.82, 2.24) is 15.0 Å². The van der Waals surface area contributed by atoms with Crippen LogP contribution in [-0.2, 0) is 11.3 Å². The maximum absolute atomic E-state index is 5.48. The van der Waals surface area contributed by atoms with E-state index in [9.17, 15) is 0 Å². The fraction of sp³-hybridized carbons (Fsp3) is 0.368. The summed E-state index contributed by atoms with van der Waals surface area (Å²) in [7, 11) is 1.68. The molecule has 1 aliphatic rings. The number of aromatic amines is 1. The van der Waals surface area contributed by atoms with E-state index < -0.39 is 0 Å². The molecule has 6 heteroatoms. The van der Waals surface area contributed by atoms with E-state index in [1.54, 1.807) is 7.11 Å². The number of hydrogen-bond acceptors (Lipinski definition) is 5. The highest BCUT2D eigenvalue weighted by Gasteiger charge is 2.20. The number of benzene rings is 1. The van der Waals surface area contributed by atoms with Gasteiger partial charge in [-0.15, -0.1) is 0 Å². The molecule has 2 N–H and O–H groups in total. The third-order valence-corrected chi connectivity index (χ3v) is 4.55. The summed E-state index contributed by atoms with van der Waals surface area (Å²) in [6, 6.07) is 10.2. The van der Waals surface area contributed by atoms with E-state index in [4.69, 9.17) is 9.47 Å². The van der Waals surface area contributed by atoms with Crippen molar-refractivity contribution in [2.75, 3.05) is 25.6 Å². The topological polar surface area (TPSA) is 72.1 Å². The van der Waals surface area contributed by atoms with Crippen LogP contribution in [0.1, 0.15) is 29.6 Å². The largest absolute Gasteiger partial charge is 0.497 e. The third-order valence-electron chi connectivity index (χ3n) is 4.55. The number of nitrogens with one attached hydrogen (secondary N) is 2. The number of H-pyrrole nitrogens is 1. The molecular weight excluding hydrogens is 316 g/mol. The number of anilines is 1. The lowest BCUT2D eigenvalue weighted by atomic mass is 10.0. The Hall–Kier alpha value is -2.60. The highest BCUT2D eigenvalue weighted by Crippen LogP contribution is 2.25. The number of hydrogen-bond donors (Lipinski definition) is 2. The van der Waals surface area contributed by atoms with Gasteiger partial charge in [0.1, 0.15) is 17.4 Å². The standard InChI is InChI=1S/C19H22N4O2/c1-12-21-18(13-5-6-25-11-13)9-19(22-12)20-10-15-7-14-8-16(24-2)3-4-17(14)23-15/h3-4,7-9,13,23H,5-6,10-11H2,1-2H3,(H,20,21,22)/t13-/m1/s1. The van der Waals surface area contributed by atoms with Crippen molar-refractivity contribution < 1.29 is 9.47 Å². The molecule has 0 aliphatic carbocycles. The summed E-state index contributed by atoms with van der Waals surface area (Å²) < 4.78 is 10.8. The Balaban J connectivity index is 1.50. The molecular formula is C19H22N4O2. The fourth-order valence-electron chi connectivity index (χ4n) is 3.24. The summed E-state index contributed by atoms with van der Waals surface area (Å²) >= 11 is 0. The van der Waals surface area contributed by atoms with Gasteiger partial charge >= 0.3 is 0 Å². The first-order valence-corrected chi connectivity index (χ1v) is 8.54. The second-order valence-corrected chi connectivity index (χ2v) is 6.39. The quantitative estimate of drug-likeness (QED) is 0.746. The second-order valence-electron chi connectivity index (χ2n) is 6.39. The lowest BCUT2D eigenvalue weighted by Crippen LogP contribution is -2.08. The van der Waals surface area contributed by atoms with Crippen LogP contribution >= 0.6 is 0 Å². The van der Waals surface area contributed by atoms with Crippen molar-refractivity contribution >= 4 is 16.7 Å². The Kier molecular flexibility index (Phi) is 4.28. The molecule has 25 heavy (non-hydrogen) atoms. The van der Waals surface area contributed by atoms with Crippen LogP contribution < -0.4 is 10.1 Å². The first kappa shape index (κ1) is 15.9. The van der Waals surface area contributed by atoms with Crippen LogP contribution in [0.3, 0.4) is 0 Å². The van der Waals surface area contributed by atoms with E-state index in [1.807, 2.05) is 31.2 Å². The van der Waals surface area contributed by atoms with Crippen LogP contribution in [0.5, 0.6) is 5.75 Å². The SMILES string of the molecule is COc1ccc2[nH]c(CNc3cc([C@@H]4CCOC4)nc(C)n3)cc2c1. The molecule has 0 unspecified atom stereocenters. The zero-order valence-corrected chi connectivity index (χ0v) is 14.5. The number of methoxy groups -OCH3 is 1. The van der Waals surface area contributed by atoms with Crippen LogP contribution in [-0.4, -0.2) is 35.3 Å². The number of aromatic nitrogens is 3. The van der Waals surface area contributed by atoms with Crippen LogP contribution in [0.15, 0.2) is 30.3 Å². The van der Waals surface area contributed by atoms with Crippen LogP contribution in [0.25, 0.3) is 10.9 Å². The van der Waals surface area contributed by atoms with Gasteiger partial charge < -0.3 is 19.8 Å². The van der Waals surface area contributed by atoms with Crippen molar-refractivity contribution in [2.24, 2.45) is 0 Å². The lowest BCUT2D eigenvalue weighted by Gasteiger charge is -2.11. The molecule has 1 atom stereocenters. The summed E-state index contributed by atoms with van der Waals surface area (Å²) in [5.74, 6) is 2.88. The maximum atomic E-state index is 5.48. The van der Waals surface area contributed by atoms with Gasteiger partial charge in [0.2, 0.25) is 0 Å². The fourth-order valence-corrected chi connectivity index (χ4v) is 3.24. The summed E-state index contributed by atoms with van der Waals surface area (Å²) in [6.45, 7) is 4.17. The van der Waals surface area contributed by atoms with Crippen molar-refractivity contribution in [1.29, 1.82) is 0 Å². The summed E-state index contributed by atoms with van der Waals surface area (Å²) in [6.07, 6.45) is 1.03. The molecule has 0 spiro atoms. The minimum atomic E-state index is 0.378. The van der Waals surface area contributed by atoms with E-state index in [0.717, 1.165) is 59.3 Å². The molecule has 0 bridgehead atoms. The predicted molar refractivity (Wildman–Crippen MR) is 97.1 cm³/mol. The summed E-state index contributed by atoms with van der Waals surface area (Å²) in [5, 5.41) is 4.54. The number of nitrogens with zero attached hydrogens (tertiary/aromatic N) is 2. The van der Waals surface area contributed by atoms with E-state index in [-0.39, 0.29) is 0 Å². The Labute approximate surface area is 146 Å². The number of ether oxygens (including phenoxy) is 2. The van der Waals surface area contributed by atoms with Gasteiger partial charge in [0, 0.05) is 35.2 Å². The number of aryl methyl sites for hydroxylation is 1. The molecule has 2 aromatic heterocycles.